The Morgan fingerprint density at radius 3 is 1.09 bits per heavy atom. The van der Waals surface area contributed by atoms with Gasteiger partial charge in [0, 0.05) is 12.8 Å². The molecule has 2 unspecified atom stereocenters. The molecule has 65 heavy (non-hydrogen) atoms. The molecule has 3 N–H and O–H groups in total. The molecule has 0 aliphatic rings. The molecule has 384 valence electrons. The Morgan fingerprint density at radius 1 is 0.415 bits per heavy atom. The molecule has 0 aromatic rings. The van der Waals surface area contributed by atoms with Crippen molar-refractivity contribution in [2.24, 2.45) is 0 Å². The third-order valence-corrected chi connectivity index (χ3v) is 13.5. The van der Waals surface area contributed by atoms with Gasteiger partial charge >= 0.3 is 5.97 Å². The second-order valence-electron chi connectivity index (χ2n) is 20.0. The maximum Gasteiger partial charge on any atom is 0.305 e. The average Bonchev–Trinajstić information content (AvgIpc) is 3.31. The number of aliphatic hydroxyl groups is 2. The second kappa shape index (κ2) is 54.9. The van der Waals surface area contributed by atoms with Crippen molar-refractivity contribution in [2.45, 2.75) is 328 Å². The highest BCUT2D eigenvalue weighted by molar-refractivity contribution is 5.76. The van der Waals surface area contributed by atoms with Crippen molar-refractivity contribution in [3.05, 3.63) is 24.3 Å². The predicted molar refractivity (Wildman–Crippen MR) is 283 cm³/mol. The van der Waals surface area contributed by atoms with Crippen molar-refractivity contribution in [3.63, 3.8) is 0 Å². The van der Waals surface area contributed by atoms with Crippen molar-refractivity contribution in [2.75, 3.05) is 13.2 Å². The molecule has 1 amide bonds. The molecule has 2 atom stereocenters. The average molecular weight is 917 g/mol. The van der Waals surface area contributed by atoms with Gasteiger partial charge in [-0.15, -0.1) is 0 Å². The van der Waals surface area contributed by atoms with Crippen LogP contribution in [-0.4, -0.2) is 47.4 Å². The summed E-state index contributed by atoms with van der Waals surface area (Å²) in [5, 5.41) is 23.1. The number of aliphatic hydroxyl groups excluding tert-OH is 2. The first-order valence-electron chi connectivity index (χ1n) is 29.1. The third kappa shape index (κ3) is 51.6. The van der Waals surface area contributed by atoms with Gasteiger partial charge < -0.3 is 20.3 Å². The Hall–Kier alpha value is -1.66. The van der Waals surface area contributed by atoms with Crippen LogP contribution in [0, 0.1) is 0 Å². The number of esters is 1. The lowest BCUT2D eigenvalue weighted by Crippen LogP contribution is -2.45. The minimum absolute atomic E-state index is 0.00256. The zero-order valence-corrected chi connectivity index (χ0v) is 43.7. The van der Waals surface area contributed by atoms with Gasteiger partial charge in [0.25, 0.3) is 0 Å². The second-order valence-corrected chi connectivity index (χ2v) is 20.0. The summed E-state index contributed by atoms with van der Waals surface area (Å²) in [6, 6.07) is -0.544. The SMILES string of the molecule is CCCCCCCCC/C=C\CCCCCCCC(=O)OCCCCCCCCCCCCC/C=C\CCCCCCCCCC(=O)NC(CO)C(O)CCCCCCCCCCCC. The number of ether oxygens (including phenoxy) is 1. The number of carbonyl (C=O) groups excluding carboxylic acids is 2. The Bertz CT molecular complexity index is 1010. The summed E-state index contributed by atoms with van der Waals surface area (Å²) in [6.07, 6.45) is 66.1. The number of rotatable bonds is 54. The Balaban J connectivity index is 3.39. The fraction of sp³-hybridized carbons (Fsp3) is 0.898. The van der Waals surface area contributed by atoms with Crippen molar-refractivity contribution in [3.8, 4) is 0 Å². The molecule has 0 fully saturated rings. The molecule has 0 saturated carbocycles. The van der Waals surface area contributed by atoms with Crippen LogP contribution in [-0.2, 0) is 14.3 Å². The van der Waals surface area contributed by atoms with Crippen LogP contribution in [0.3, 0.4) is 0 Å². The molecule has 6 heteroatoms. The van der Waals surface area contributed by atoms with E-state index in [1.54, 1.807) is 0 Å². The zero-order valence-electron chi connectivity index (χ0n) is 43.7. The Kier molecular flexibility index (Phi) is 53.5. The van der Waals surface area contributed by atoms with Crippen LogP contribution in [0.15, 0.2) is 24.3 Å². The van der Waals surface area contributed by atoms with Gasteiger partial charge in [-0.05, 0) is 77.0 Å². The third-order valence-electron chi connectivity index (χ3n) is 13.5. The van der Waals surface area contributed by atoms with Crippen LogP contribution < -0.4 is 5.32 Å². The summed E-state index contributed by atoms with van der Waals surface area (Å²) in [7, 11) is 0. The normalized spacial score (nSPS) is 12.7. The van der Waals surface area contributed by atoms with Gasteiger partial charge in [0.15, 0.2) is 0 Å². The molecule has 0 aliphatic heterocycles. The van der Waals surface area contributed by atoms with E-state index in [1.807, 2.05) is 0 Å². The van der Waals surface area contributed by atoms with Crippen LogP contribution in [0.1, 0.15) is 316 Å². The minimum atomic E-state index is -0.666. The van der Waals surface area contributed by atoms with E-state index in [2.05, 4.69) is 43.5 Å². The lowest BCUT2D eigenvalue weighted by Gasteiger charge is -2.22. The Morgan fingerprint density at radius 2 is 0.723 bits per heavy atom. The van der Waals surface area contributed by atoms with Crippen molar-refractivity contribution in [1.82, 2.24) is 5.32 Å². The maximum absolute atomic E-state index is 12.4. The quantitative estimate of drug-likeness (QED) is 0.0321. The van der Waals surface area contributed by atoms with Crippen LogP contribution in [0.5, 0.6) is 0 Å². The molecule has 0 aliphatic carbocycles. The monoisotopic (exact) mass is 916 g/mol. The zero-order chi connectivity index (χ0) is 47.2. The first kappa shape index (κ1) is 63.3. The number of unbranched alkanes of at least 4 members (excludes halogenated alkanes) is 39. The molecule has 0 heterocycles. The van der Waals surface area contributed by atoms with Gasteiger partial charge in [0.05, 0.1) is 25.4 Å². The van der Waals surface area contributed by atoms with E-state index < -0.39 is 12.1 Å². The topological polar surface area (TPSA) is 95.9 Å². The van der Waals surface area contributed by atoms with E-state index in [0.717, 1.165) is 44.9 Å². The highest BCUT2D eigenvalue weighted by Gasteiger charge is 2.20. The van der Waals surface area contributed by atoms with E-state index >= 15 is 0 Å². The number of carbonyl (C=O) groups is 2. The highest BCUT2D eigenvalue weighted by Crippen LogP contribution is 2.16. The summed E-state index contributed by atoms with van der Waals surface area (Å²) >= 11 is 0. The van der Waals surface area contributed by atoms with Crippen LogP contribution in [0.2, 0.25) is 0 Å². The summed E-state index contributed by atoms with van der Waals surface area (Å²) in [4.78, 5) is 24.5. The molecular formula is C59H113NO5. The molecule has 0 rings (SSSR count). The lowest BCUT2D eigenvalue weighted by molar-refractivity contribution is -0.143. The van der Waals surface area contributed by atoms with Gasteiger partial charge in [-0.2, -0.15) is 0 Å². The molecule has 0 aromatic heterocycles. The van der Waals surface area contributed by atoms with Crippen LogP contribution in [0.25, 0.3) is 0 Å². The van der Waals surface area contributed by atoms with E-state index in [-0.39, 0.29) is 18.5 Å². The maximum atomic E-state index is 12.4. The highest BCUT2D eigenvalue weighted by atomic mass is 16.5. The molecule has 0 aromatic carbocycles. The fourth-order valence-corrected chi connectivity index (χ4v) is 8.98. The molecule has 0 spiro atoms. The van der Waals surface area contributed by atoms with Gasteiger partial charge in [-0.25, -0.2) is 0 Å². The van der Waals surface area contributed by atoms with E-state index in [4.69, 9.17) is 4.74 Å². The molecule has 0 radical (unpaired) electrons. The molecule has 0 bridgehead atoms. The Labute approximate surface area is 405 Å². The van der Waals surface area contributed by atoms with E-state index in [0.29, 0.717) is 25.9 Å². The predicted octanol–water partition coefficient (Wildman–Crippen LogP) is 17.9. The standard InChI is InChI=1S/C59H113NO5/c1-3-5-7-9-11-13-15-16-17-27-30-33-37-41-45-49-53-59(64)65-54-50-46-42-38-34-31-28-25-23-21-19-18-20-22-24-26-29-32-36-40-44-48-52-58(63)60-56(55-61)57(62)51-47-43-39-35-14-12-10-8-6-4-2/h17,20,22,27,56-57,61-62H,3-16,18-19,21,23-26,28-55H2,1-2H3,(H,60,63)/b22-20-,27-17-. The smallest absolute Gasteiger partial charge is 0.305 e. The number of amides is 1. The minimum Gasteiger partial charge on any atom is -0.466 e. The van der Waals surface area contributed by atoms with E-state index in [1.165, 1.54) is 238 Å². The number of nitrogens with one attached hydrogen (secondary N) is 1. The molecule has 6 nitrogen and oxygen atoms in total. The first-order valence-corrected chi connectivity index (χ1v) is 29.1. The fourth-order valence-electron chi connectivity index (χ4n) is 8.98. The van der Waals surface area contributed by atoms with Crippen molar-refractivity contribution in [1.29, 1.82) is 0 Å². The number of allylic oxidation sites excluding steroid dienone is 4. The number of hydrogen-bond acceptors (Lipinski definition) is 5. The molecular weight excluding hydrogens is 803 g/mol. The number of hydrogen-bond donors (Lipinski definition) is 3. The summed E-state index contributed by atoms with van der Waals surface area (Å²) in [6.45, 7) is 4.93. The summed E-state index contributed by atoms with van der Waals surface area (Å²) < 4.78 is 5.48. The van der Waals surface area contributed by atoms with Crippen LogP contribution >= 0.6 is 0 Å². The van der Waals surface area contributed by atoms with Crippen molar-refractivity contribution < 1.29 is 24.5 Å². The van der Waals surface area contributed by atoms with Gasteiger partial charge in [-0.3, -0.25) is 9.59 Å². The van der Waals surface area contributed by atoms with Crippen molar-refractivity contribution >= 4 is 11.9 Å². The first-order chi connectivity index (χ1) is 32.0. The van der Waals surface area contributed by atoms with Gasteiger partial charge in [-0.1, -0.05) is 250 Å². The summed E-state index contributed by atoms with van der Waals surface area (Å²) in [5.74, 6) is -0.0408. The largest absolute Gasteiger partial charge is 0.466 e. The van der Waals surface area contributed by atoms with Gasteiger partial charge in [0.2, 0.25) is 5.91 Å². The molecule has 0 saturated heterocycles. The lowest BCUT2D eigenvalue weighted by atomic mass is 10.0. The van der Waals surface area contributed by atoms with Crippen LogP contribution in [0.4, 0.5) is 0 Å². The summed E-state index contributed by atoms with van der Waals surface area (Å²) in [5.41, 5.74) is 0. The van der Waals surface area contributed by atoms with E-state index in [9.17, 15) is 19.8 Å². The van der Waals surface area contributed by atoms with Gasteiger partial charge in [0.1, 0.15) is 0 Å².